The van der Waals surface area contributed by atoms with Crippen molar-refractivity contribution in [1.29, 1.82) is 0 Å². The molecule has 1 saturated heterocycles. The van der Waals surface area contributed by atoms with Crippen LogP contribution in [0.2, 0.25) is 0 Å². The predicted molar refractivity (Wildman–Crippen MR) is 83.3 cm³/mol. The molecule has 0 bridgehead atoms. The summed E-state index contributed by atoms with van der Waals surface area (Å²) in [5.74, 6) is -2.07. The van der Waals surface area contributed by atoms with Gasteiger partial charge in [0, 0.05) is 44.3 Å². The summed E-state index contributed by atoms with van der Waals surface area (Å²) < 4.78 is 16.1. The Bertz CT molecular complexity index is 825. The molecule has 7 heteroatoms. The van der Waals surface area contributed by atoms with Gasteiger partial charge in [-0.1, -0.05) is 0 Å². The molecule has 0 atom stereocenters. The Kier molecular flexibility index (Phi) is 4.04. The smallest absolute Gasteiger partial charge is 0.198 e. The quantitative estimate of drug-likeness (QED) is 0.857. The highest BCUT2D eigenvalue weighted by atomic mass is 19.1. The van der Waals surface area contributed by atoms with Gasteiger partial charge in [-0.25, -0.2) is 4.39 Å². The molecule has 23 heavy (non-hydrogen) atoms. The molecule has 1 aromatic carbocycles. The number of carbonyl (C=O) groups is 1. The summed E-state index contributed by atoms with van der Waals surface area (Å²) >= 11 is 0. The lowest BCUT2D eigenvalue weighted by Crippen LogP contribution is -2.44. The maximum absolute atomic E-state index is 14.5. The van der Waals surface area contributed by atoms with Crippen LogP contribution in [0.5, 0.6) is 0 Å². The fourth-order valence-corrected chi connectivity index (χ4v) is 2.95. The first-order valence-corrected chi connectivity index (χ1v) is 7.56. The van der Waals surface area contributed by atoms with Crippen LogP contribution in [0.15, 0.2) is 23.1 Å². The number of anilines is 1. The number of hydrogen-bond donors (Lipinski definition) is 1. The second-order valence-corrected chi connectivity index (χ2v) is 5.50. The summed E-state index contributed by atoms with van der Waals surface area (Å²) in [5.41, 5.74) is -0.205. The van der Waals surface area contributed by atoms with Gasteiger partial charge in [-0.15, -0.1) is 0 Å². The molecule has 1 fully saturated rings. The van der Waals surface area contributed by atoms with Crippen LogP contribution in [0.4, 0.5) is 10.1 Å². The van der Waals surface area contributed by atoms with Crippen LogP contribution < -0.4 is 20.8 Å². The van der Waals surface area contributed by atoms with Crippen molar-refractivity contribution in [2.75, 3.05) is 31.1 Å². The van der Waals surface area contributed by atoms with Crippen molar-refractivity contribution in [3.8, 4) is 0 Å². The molecule has 2 heterocycles. The molecule has 1 N–H and O–H groups in total. The zero-order valence-electron chi connectivity index (χ0n) is 12.8. The minimum absolute atomic E-state index is 0.0601. The molecule has 0 spiro atoms. The fourth-order valence-electron chi connectivity index (χ4n) is 2.95. The zero-order chi connectivity index (χ0) is 16.6. The van der Waals surface area contributed by atoms with Crippen molar-refractivity contribution in [1.82, 2.24) is 9.88 Å². The van der Waals surface area contributed by atoms with Crippen LogP contribution in [0.3, 0.4) is 0 Å². The Morgan fingerprint density at radius 2 is 2.04 bits per heavy atom. The number of piperazine rings is 1. The van der Waals surface area contributed by atoms with E-state index in [1.165, 1.54) is 6.20 Å². The number of rotatable bonds is 3. The van der Waals surface area contributed by atoms with Gasteiger partial charge in [-0.3, -0.25) is 4.79 Å². The molecule has 3 rings (SSSR count). The minimum Gasteiger partial charge on any atom is -0.545 e. The summed E-state index contributed by atoms with van der Waals surface area (Å²) in [4.78, 5) is 25.3. The average Bonchev–Trinajstić information content (AvgIpc) is 2.55. The van der Waals surface area contributed by atoms with Gasteiger partial charge in [-0.05, 0) is 19.1 Å². The Labute approximate surface area is 132 Å². The Morgan fingerprint density at radius 1 is 1.35 bits per heavy atom. The molecule has 0 aliphatic carbocycles. The number of carbonyl (C=O) groups excluding carboxylic acids is 1. The first kappa shape index (κ1) is 15.5. The molecule has 1 aromatic heterocycles. The highest BCUT2D eigenvalue weighted by Gasteiger charge is 2.18. The van der Waals surface area contributed by atoms with E-state index in [2.05, 4.69) is 5.32 Å². The van der Waals surface area contributed by atoms with E-state index in [4.69, 9.17) is 0 Å². The van der Waals surface area contributed by atoms with Crippen molar-refractivity contribution in [3.63, 3.8) is 0 Å². The number of benzene rings is 1. The number of aromatic nitrogens is 1. The van der Waals surface area contributed by atoms with Crippen molar-refractivity contribution in [2.45, 2.75) is 13.5 Å². The second kappa shape index (κ2) is 6.00. The highest BCUT2D eigenvalue weighted by Crippen LogP contribution is 2.25. The number of aromatic carboxylic acids is 1. The average molecular weight is 318 g/mol. The molecule has 0 amide bonds. The molecule has 2 aromatic rings. The van der Waals surface area contributed by atoms with E-state index >= 15 is 0 Å². The number of nitrogens with zero attached hydrogens (tertiary/aromatic N) is 2. The number of aryl methyl sites for hydroxylation is 1. The molecular formula is C16H17FN3O3-. The van der Waals surface area contributed by atoms with Gasteiger partial charge in [-0.2, -0.15) is 0 Å². The lowest BCUT2D eigenvalue weighted by molar-refractivity contribution is -0.255. The van der Waals surface area contributed by atoms with Crippen LogP contribution in [0.1, 0.15) is 17.3 Å². The minimum atomic E-state index is -1.55. The van der Waals surface area contributed by atoms with Crippen LogP contribution >= 0.6 is 0 Å². The highest BCUT2D eigenvalue weighted by molar-refractivity contribution is 5.92. The third kappa shape index (κ3) is 2.68. The normalized spacial score (nSPS) is 15.1. The number of carboxylic acid groups (broad SMARTS) is 1. The standard InChI is InChI=1S/C16H18FN3O3/c1-2-19-9-11(16(22)23)15(21)10-7-12(17)14(8-13(10)19)20-5-3-18-4-6-20/h7-9,18H,2-6H2,1H3,(H,22,23)/p-1. The van der Waals surface area contributed by atoms with E-state index in [-0.39, 0.29) is 5.39 Å². The molecule has 1 aliphatic rings. The van der Waals surface area contributed by atoms with Gasteiger partial charge in [0.2, 0.25) is 0 Å². The molecule has 6 nitrogen and oxygen atoms in total. The number of fused-ring (bicyclic) bond motifs is 1. The van der Waals surface area contributed by atoms with Gasteiger partial charge in [0.05, 0.1) is 22.7 Å². The molecule has 0 saturated carbocycles. The summed E-state index contributed by atoms with van der Waals surface area (Å²) in [6.07, 6.45) is 1.26. The fraction of sp³-hybridized carbons (Fsp3) is 0.375. The van der Waals surface area contributed by atoms with E-state index in [0.717, 1.165) is 19.2 Å². The number of pyridine rings is 1. The van der Waals surface area contributed by atoms with Gasteiger partial charge >= 0.3 is 0 Å². The van der Waals surface area contributed by atoms with Crippen molar-refractivity contribution in [2.24, 2.45) is 0 Å². The number of carboxylic acids is 1. The predicted octanol–water partition coefficient (Wildman–Crippen LogP) is -0.0664. The second-order valence-electron chi connectivity index (χ2n) is 5.50. The number of hydrogen-bond acceptors (Lipinski definition) is 5. The van der Waals surface area contributed by atoms with Crippen LogP contribution in [0.25, 0.3) is 10.9 Å². The third-order valence-electron chi connectivity index (χ3n) is 4.17. The molecular weight excluding hydrogens is 301 g/mol. The number of halogens is 1. The maximum atomic E-state index is 14.5. The molecule has 1 aliphatic heterocycles. The van der Waals surface area contributed by atoms with Crippen LogP contribution in [-0.2, 0) is 6.54 Å². The van der Waals surface area contributed by atoms with E-state index < -0.39 is 22.8 Å². The Balaban J connectivity index is 2.24. The Morgan fingerprint density at radius 3 is 2.65 bits per heavy atom. The molecule has 122 valence electrons. The van der Waals surface area contributed by atoms with E-state index in [9.17, 15) is 19.1 Å². The van der Waals surface area contributed by atoms with Gasteiger partial charge in [0.15, 0.2) is 5.43 Å². The van der Waals surface area contributed by atoms with Crippen molar-refractivity contribution >= 4 is 22.6 Å². The van der Waals surface area contributed by atoms with E-state index in [1.54, 1.807) is 10.6 Å². The van der Waals surface area contributed by atoms with E-state index in [1.807, 2.05) is 11.8 Å². The maximum Gasteiger partial charge on any atom is 0.198 e. The summed E-state index contributed by atoms with van der Waals surface area (Å²) in [7, 11) is 0. The van der Waals surface area contributed by atoms with Crippen molar-refractivity contribution in [3.05, 3.63) is 39.9 Å². The SMILES string of the molecule is CCn1cc(C(=O)[O-])c(=O)c2cc(F)c(N3CCNCC3)cc21. The summed E-state index contributed by atoms with van der Waals surface area (Å²) in [5, 5.41) is 14.4. The van der Waals surface area contributed by atoms with Crippen LogP contribution in [-0.4, -0.2) is 36.7 Å². The molecule has 0 radical (unpaired) electrons. The lowest BCUT2D eigenvalue weighted by atomic mass is 10.1. The van der Waals surface area contributed by atoms with E-state index in [0.29, 0.717) is 30.8 Å². The summed E-state index contributed by atoms with van der Waals surface area (Å²) in [6, 6.07) is 2.76. The topological polar surface area (TPSA) is 77.4 Å². The lowest BCUT2D eigenvalue weighted by Gasteiger charge is -2.30. The Hall–Kier alpha value is -2.41. The van der Waals surface area contributed by atoms with Gasteiger partial charge in [0.25, 0.3) is 0 Å². The summed E-state index contributed by atoms with van der Waals surface area (Å²) in [6.45, 7) is 5.18. The third-order valence-corrected chi connectivity index (χ3v) is 4.17. The first-order chi connectivity index (χ1) is 11.0. The number of nitrogens with one attached hydrogen (secondary N) is 1. The van der Waals surface area contributed by atoms with Gasteiger partial charge in [0.1, 0.15) is 5.82 Å². The zero-order valence-corrected chi connectivity index (χ0v) is 12.8. The molecule has 0 unspecified atom stereocenters. The largest absolute Gasteiger partial charge is 0.545 e. The monoisotopic (exact) mass is 318 g/mol. The van der Waals surface area contributed by atoms with Crippen molar-refractivity contribution < 1.29 is 14.3 Å². The van der Waals surface area contributed by atoms with Gasteiger partial charge < -0.3 is 24.7 Å². The van der Waals surface area contributed by atoms with Crippen LogP contribution in [0, 0.1) is 5.82 Å². The first-order valence-electron chi connectivity index (χ1n) is 7.56.